The highest BCUT2D eigenvalue weighted by atomic mass is 35.5. The van der Waals surface area contributed by atoms with Crippen molar-refractivity contribution in [3.8, 4) is 11.3 Å². The van der Waals surface area contributed by atoms with Crippen LogP contribution in [-0.2, 0) is 12.7 Å². The van der Waals surface area contributed by atoms with Crippen LogP contribution in [0.4, 0.5) is 13.2 Å². The van der Waals surface area contributed by atoms with Crippen LogP contribution < -0.4 is 10.9 Å². The van der Waals surface area contributed by atoms with Gasteiger partial charge in [0.2, 0.25) is 0 Å². The number of hydrogen-bond donors (Lipinski definition) is 1. The van der Waals surface area contributed by atoms with Gasteiger partial charge in [-0.15, -0.1) is 0 Å². The lowest BCUT2D eigenvalue weighted by atomic mass is 10.1. The van der Waals surface area contributed by atoms with Gasteiger partial charge in [0.05, 0.1) is 17.8 Å². The Hall–Kier alpha value is -3.13. The summed E-state index contributed by atoms with van der Waals surface area (Å²) < 4.78 is 39.5. The standard InChI is InChI=1S/C20H15ClF3N3O2/c21-16-6-4-13(5-7-16)17-8-9-18(28)27(26-17)11-10-25-19(29)14-2-1-3-15(12-14)20(22,23)24/h1-9,12H,10-11H2,(H,25,29). The quantitative estimate of drug-likeness (QED) is 0.677. The van der Waals surface area contributed by atoms with E-state index in [-0.39, 0.29) is 24.2 Å². The smallest absolute Gasteiger partial charge is 0.350 e. The molecule has 0 fully saturated rings. The van der Waals surface area contributed by atoms with Crippen molar-refractivity contribution in [3.05, 3.63) is 87.2 Å². The predicted octanol–water partition coefficient (Wildman–Crippen LogP) is 4.01. The van der Waals surface area contributed by atoms with Crippen molar-refractivity contribution in [2.24, 2.45) is 0 Å². The first kappa shape index (κ1) is 20.6. The second-order valence-electron chi connectivity index (χ2n) is 6.12. The van der Waals surface area contributed by atoms with Crippen molar-refractivity contribution < 1.29 is 18.0 Å². The number of aromatic nitrogens is 2. The molecule has 0 spiro atoms. The molecular weight excluding hydrogens is 407 g/mol. The highest BCUT2D eigenvalue weighted by Crippen LogP contribution is 2.29. The van der Waals surface area contributed by atoms with Crippen molar-refractivity contribution in [1.82, 2.24) is 15.1 Å². The molecule has 3 aromatic rings. The van der Waals surface area contributed by atoms with E-state index in [2.05, 4.69) is 10.4 Å². The van der Waals surface area contributed by atoms with E-state index in [0.717, 1.165) is 17.7 Å². The molecule has 150 valence electrons. The summed E-state index contributed by atoms with van der Waals surface area (Å²) in [5, 5.41) is 7.31. The van der Waals surface area contributed by atoms with E-state index in [1.165, 1.54) is 22.9 Å². The topological polar surface area (TPSA) is 64.0 Å². The Balaban J connectivity index is 1.67. The van der Waals surface area contributed by atoms with Gasteiger partial charge in [0, 0.05) is 28.8 Å². The number of carbonyl (C=O) groups excluding carboxylic acids is 1. The van der Waals surface area contributed by atoms with Gasteiger partial charge in [-0.2, -0.15) is 18.3 Å². The molecule has 0 aliphatic rings. The van der Waals surface area contributed by atoms with Crippen LogP contribution in [0, 0.1) is 0 Å². The number of alkyl halides is 3. The van der Waals surface area contributed by atoms with Gasteiger partial charge in [0.25, 0.3) is 11.5 Å². The zero-order chi connectivity index (χ0) is 21.0. The third kappa shape index (κ3) is 5.23. The summed E-state index contributed by atoms with van der Waals surface area (Å²) in [7, 11) is 0. The van der Waals surface area contributed by atoms with Gasteiger partial charge in [-0.25, -0.2) is 4.68 Å². The number of nitrogens with one attached hydrogen (secondary N) is 1. The molecule has 29 heavy (non-hydrogen) atoms. The maximum atomic E-state index is 12.8. The van der Waals surface area contributed by atoms with E-state index < -0.39 is 17.6 Å². The fraction of sp³-hybridized carbons (Fsp3) is 0.150. The number of rotatable bonds is 5. The van der Waals surface area contributed by atoms with Crippen LogP contribution in [0.2, 0.25) is 5.02 Å². The van der Waals surface area contributed by atoms with E-state index in [1.54, 1.807) is 30.3 Å². The molecule has 9 heteroatoms. The number of nitrogens with zero attached hydrogens (tertiary/aromatic N) is 2. The molecule has 0 saturated carbocycles. The van der Waals surface area contributed by atoms with Crippen LogP contribution in [0.3, 0.4) is 0 Å². The first-order valence-electron chi connectivity index (χ1n) is 8.53. The molecule has 0 aliphatic heterocycles. The fourth-order valence-electron chi connectivity index (χ4n) is 2.60. The van der Waals surface area contributed by atoms with E-state index in [1.807, 2.05) is 0 Å². The first-order chi connectivity index (χ1) is 13.7. The molecule has 3 rings (SSSR count). The Labute approximate surface area is 168 Å². The van der Waals surface area contributed by atoms with Crippen LogP contribution in [0.25, 0.3) is 11.3 Å². The molecule has 0 saturated heterocycles. The molecule has 1 N–H and O–H groups in total. The molecular formula is C20H15ClF3N3O2. The average Bonchev–Trinajstić information content (AvgIpc) is 2.69. The van der Waals surface area contributed by atoms with Gasteiger partial charge in [-0.1, -0.05) is 29.8 Å². The highest BCUT2D eigenvalue weighted by Gasteiger charge is 2.30. The first-order valence-corrected chi connectivity index (χ1v) is 8.91. The van der Waals surface area contributed by atoms with Crippen LogP contribution in [0.15, 0.2) is 65.5 Å². The fourth-order valence-corrected chi connectivity index (χ4v) is 2.72. The summed E-state index contributed by atoms with van der Waals surface area (Å²) in [6.07, 6.45) is -4.53. The van der Waals surface area contributed by atoms with Gasteiger partial charge in [-0.3, -0.25) is 9.59 Å². The molecule has 0 radical (unpaired) electrons. The van der Waals surface area contributed by atoms with E-state index in [4.69, 9.17) is 11.6 Å². The molecule has 0 bridgehead atoms. The maximum Gasteiger partial charge on any atom is 0.416 e. The molecule has 1 heterocycles. The van der Waals surface area contributed by atoms with Crippen molar-refractivity contribution in [1.29, 1.82) is 0 Å². The van der Waals surface area contributed by atoms with Crippen molar-refractivity contribution in [3.63, 3.8) is 0 Å². The van der Waals surface area contributed by atoms with Crippen LogP contribution in [0.1, 0.15) is 15.9 Å². The number of hydrogen-bond acceptors (Lipinski definition) is 3. The minimum atomic E-state index is -4.53. The van der Waals surface area contributed by atoms with Gasteiger partial charge in [-0.05, 0) is 36.4 Å². The summed E-state index contributed by atoms with van der Waals surface area (Å²) in [6, 6.07) is 14.0. The van der Waals surface area contributed by atoms with Crippen molar-refractivity contribution in [2.75, 3.05) is 6.54 Å². The zero-order valence-electron chi connectivity index (χ0n) is 14.9. The minimum Gasteiger partial charge on any atom is -0.350 e. The average molecular weight is 422 g/mol. The monoisotopic (exact) mass is 421 g/mol. The summed E-state index contributed by atoms with van der Waals surface area (Å²) in [4.78, 5) is 24.1. The Bertz CT molecular complexity index is 1080. The summed E-state index contributed by atoms with van der Waals surface area (Å²) in [5.74, 6) is -0.669. The third-order valence-electron chi connectivity index (χ3n) is 4.07. The lowest BCUT2D eigenvalue weighted by Gasteiger charge is -2.10. The van der Waals surface area contributed by atoms with E-state index in [0.29, 0.717) is 10.7 Å². The Kier molecular flexibility index (Phi) is 6.03. The number of benzene rings is 2. The Morgan fingerprint density at radius 3 is 2.48 bits per heavy atom. The second-order valence-corrected chi connectivity index (χ2v) is 6.56. The maximum absolute atomic E-state index is 12.8. The third-order valence-corrected chi connectivity index (χ3v) is 4.32. The molecule has 2 aromatic carbocycles. The van der Waals surface area contributed by atoms with Gasteiger partial charge < -0.3 is 5.32 Å². The lowest BCUT2D eigenvalue weighted by molar-refractivity contribution is -0.137. The SMILES string of the molecule is O=C(NCCn1nc(-c2ccc(Cl)cc2)ccc1=O)c1cccc(C(F)(F)F)c1. The summed E-state index contributed by atoms with van der Waals surface area (Å²) >= 11 is 5.86. The number of halogens is 4. The number of amides is 1. The molecule has 0 unspecified atom stereocenters. The van der Waals surface area contributed by atoms with Crippen LogP contribution in [0.5, 0.6) is 0 Å². The van der Waals surface area contributed by atoms with E-state index >= 15 is 0 Å². The molecule has 1 aromatic heterocycles. The Morgan fingerprint density at radius 1 is 1.07 bits per heavy atom. The van der Waals surface area contributed by atoms with Crippen molar-refractivity contribution in [2.45, 2.75) is 12.7 Å². The summed E-state index contributed by atoms with van der Waals surface area (Å²) in [5.41, 5.74) is -0.0774. The molecule has 0 atom stereocenters. The van der Waals surface area contributed by atoms with Gasteiger partial charge in [0.15, 0.2) is 0 Å². The largest absolute Gasteiger partial charge is 0.416 e. The highest BCUT2D eigenvalue weighted by molar-refractivity contribution is 6.30. The molecule has 0 aliphatic carbocycles. The van der Waals surface area contributed by atoms with Crippen LogP contribution in [-0.4, -0.2) is 22.2 Å². The van der Waals surface area contributed by atoms with Gasteiger partial charge >= 0.3 is 6.18 Å². The normalized spacial score (nSPS) is 11.3. The van der Waals surface area contributed by atoms with E-state index in [9.17, 15) is 22.8 Å². The molecule has 5 nitrogen and oxygen atoms in total. The second kappa shape index (κ2) is 8.48. The zero-order valence-corrected chi connectivity index (χ0v) is 15.7. The minimum absolute atomic E-state index is 0.0199. The predicted molar refractivity (Wildman–Crippen MR) is 103 cm³/mol. The van der Waals surface area contributed by atoms with Crippen molar-refractivity contribution >= 4 is 17.5 Å². The Morgan fingerprint density at radius 2 is 1.79 bits per heavy atom. The number of carbonyl (C=O) groups is 1. The summed E-state index contributed by atoms with van der Waals surface area (Å²) in [6.45, 7) is 0.0804. The van der Waals surface area contributed by atoms with Crippen LogP contribution >= 0.6 is 11.6 Å². The molecule has 1 amide bonds. The van der Waals surface area contributed by atoms with Gasteiger partial charge in [0.1, 0.15) is 0 Å². The lowest BCUT2D eigenvalue weighted by Crippen LogP contribution is -2.32.